The van der Waals surface area contributed by atoms with Gasteiger partial charge >= 0.3 is 0 Å². The van der Waals surface area contributed by atoms with Crippen molar-refractivity contribution in [1.82, 2.24) is 9.88 Å². The van der Waals surface area contributed by atoms with Gasteiger partial charge in [0.2, 0.25) is 11.8 Å². The highest BCUT2D eigenvalue weighted by molar-refractivity contribution is 5.87. The first-order chi connectivity index (χ1) is 10.1. The van der Waals surface area contributed by atoms with E-state index in [-0.39, 0.29) is 12.3 Å². The number of nitrogens with two attached hydrogens (primary N) is 2. The highest BCUT2D eigenvalue weighted by atomic mass is 16.2. The summed E-state index contributed by atoms with van der Waals surface area (Å²) in [7, 11) is 0. The van der Waals surface area contributed by atoms with Crippen molar-refractivity contribution in [2.75, 3.05) is 6.54 Å². The average Bonchev–Trinajstić information content (AvgIpc) is 2.86. The molecule has 6 nitrogen and oxygen atoms in total. The Kier molecular flexibility index (Phi) is 4.94. The van der Waals surface area contributed by atoms with Crippen molar-refractivity contribution >= 4 is 22.7 Å². The summed E-state index contributed by atoms with van der Waals surface area (Å²) in [5, 5.41) is 3.91. The van der Waals surface area contributed by atoms with Crippen LogP contribution in [0, 0.1) is 0 Å². The number of primary amides is 1. The van der Waals surface area contributed by atoms with Crippen LogP contribution in [0.4, 0.5) is 0 Å². The molecule has 0 saturated carbocycles. The van der Waals surface area contributed by atoms with Gasteiger partial charge in [-0.05, 0) is 23.9 Å². The van der Waals surface area contributed by atoms with E-state index in [1.165, 1.54) is 10.9 Å². The summed E-state index contributed by atoms with van der Waals surface area (Å²) < 4.78 is 2.14. The summed E-state index contributed by atoms with van der Waals surface area (Å²) in [6.07, 6.45) is 2.69. The van der Waals surface area contributed by atoms with Crippen molar-refractivity contribution in [3.05, 3.63) is 36.5 Å². The van der Waals surface area contributed by atoms with E-state index in [0.717, 1.165) is 13.0 Å². The molecule has 2 amide bonds. The third kappa shape index (κ3) is 4.06. The molecule has 0 aliphatic carbocycles. The predicted octanol–water partition coefficient (Wildman–Crippen LogP) is 0.350. The number of aryl methyl sites for hydroxylation is 1. The summed E-state index contributed by atoms with van der Waals surface area (Å²) in [4.78, 5) is 22.3. The highest BCUT2D eigenvalue weighted by Crippen LogP contribution is 2.15. The van der Waals surface area contributed by atoms with Crippen molar-refractivity contribution in [1.29, 1.82) is 0 Å². The number of fused-ring (bicyclic) bond motifs is 1. The minimum absolute atomic E-state index is 0.131. The largest absolute Gasteiger partial charge is 0.370 e. The zero-order chi connectivity index (χ0) is 15.2. The van der Waals surface area contributed by atoms with Crippen molar-refractivity contribution in [2.24, 2.45) is 11.5 Å². The number of carbonyl (C=O) groups is 2. The maximum Gasteiger partial charge on any atom is 0.237 e. The topological polar surface area (TPSA) is 103 Å². The lowest BCUT2D eigenvalue weighted by Crippen LogP contribution is -2.43. The Bertz CT molecular complexity index is 635. The number of benzene rings is 1. The molecule has 2 aromatic rings. The van der Waals surface area contributed by atoms with Gasteiger partial charge in [-0.2, -0.15) is 0 Å². The molecule has 2 rings (SSSR count). The molecule has 0 saturated heterocycles. The van der Waals surface area contributed by atoms with E-state index in [1.54, 1.807) is 0 Å². The molecule has 0 aliphatic rings. The van der Waals surface area contributed by atoms with E-state index < -0.39 is 11.9 Å². The zero-order valence-electron chi connectivity index (χ0n) is 11.8. The maximum absolute atomic E-state index is 11.6. The number of nitrogens with zero attached hydrogens (tertiary/aromatic N) is 1. The number of hydrogen-bond donors (Lipinski definition) is 3. The quantitative estimate of drug-likeness (QED) is 0.640. The average molecular weight is 288 g/mol. The Balaban J connectivity index is 1.77. The maximum atomic E-state index is 11.6. The third-order valence-corrected chi connectivity index (χ3v) is 3.31. The van der Waals surface area contributed by atoms with Crippen LogP contribution in [-0.4, -0.2) is 29.0 Å². The minimum Gasteiger partial charge on any atom is -0.370 e. The van der Waals surface area contributed by atoms with Gasteiger partial charge in [-0.15, -0.1) is 0 Å². The minimum atomic E-state index is -0.866. The normalized spacial score (nSPS) is 12.2. The number of hydrogen-bond acceptors (Lipinski definition) is 3. The van der Waals surface area contributed by atoms with E-state index in [4.69, 9.17) is 11.5 Å². The Morgan fingerprint density at radius 3 is 2.76 bits per heavy atom. The van der Waals surface area contributed by atoms with Crippen LogP contribution in [0.2, 0.25) is 0 Å². The molecule has 1 aromatic carbocycles. The van der Waals surface area contributed by atoms with Crippen LogP contribution < -0.4 is 16.8 Å². The first kappa shape index (κ1) is 15.1. The van der Waals surface area contributed by atoms with Gasteiger partial charge in [0.05, 0.1) is 12.5 Å². The second kappa shape index (κ2) is 6.90. The third-order valence-electron chi connectivity index (χ3n) is 3.31. The Hall–Kier alpha value is -2.34. The molecule has 0 spiro atoms. The zero-order valence-corrected chi connectivity index (χ0v) is 11.8. The highest BCUT2D eigenvalue weighted by Gasteiger charge is 2.14. The second-order valence-corrected chi connectivity index (χ2v) is 4.99. The lowest BCUT2D eigenvalue weighted by molar-refractivity contribution is -0.126. The molecule has 0 radical (unpaired) electrons. The summed E-state index contributed by atoms with van der Waals surface area (Å²) in [6, 6.07) is 9.34. The number of amides is 2. The molecule has 1 unspecified atom stereocenters. The molecule has 21 heavy (non-hydrogen) atoms. The Labute approximate surface area is 123 Å². The molecule has 5 N–H and O–H groups in total. The van der Waals surface area contributed by atoms with Crippen molar-refractivity contribution < 1.29 is 9.59 Å². The van der Waals surface area contributed by atoms with Crippen molar-refractivity contribution in [3.63, 3.8) is 0 Å². The molecular weight excluding hydrogens is 268 g/mol. The van der Waals surface area contributed by atoms with E-state index in [1.807, 2.05) is 18.3 Å². The van der Waals surface area contributed by atoms with Crippen molar-refractivity contribution in [3.8, 4) is 0 Å². The number of carbonyl (C=O) groups excluding carboxylic acids is 2. The van der Waals surface area contributed by atoms with Gasteiger partial charge in [-0.3, -0.25) is 9.59 Å². The van der Waals surface area contributed by atoms with Crippen LogP contribution >= 0.6 is 0 Å². The molecule has 0 aliphatic heterocycles. The molecule has 0 bridgehead atoms. The molecule has 0 fully saturated rings. The lowest BCUT2D eigenvalue weighted by Gasteiger charge is -2.11. The van der Waals surface area contributed by atoms with Gasteiger partial charge in [0, 0.05) is 24.8 Å². The summed E-state index contributed by atoms with van der Waals surface area (Å²) in [6.45, 7) is 1.32. The number of para-hydroxylation sites is 1. The smallest absolute Gasteiger partial charge is 0.237 e. The van der Waals surface area contributed by atoms with Gasteiger partial charge in [-0.25, -0.2) is 0 Å². The van der Waals surface area contributed by atoms with E-state index in [9.17, 15) is 9.59 Å². The summed E-state index contributed by atoms with van der Waals surface area (Å²) in [5.74, 6) is -0.914. The fourth-order valence-corrected chi connectivity index (χ4v) is 2.24. The fourth-order valence-electron chi connectivity index (χ4n) is 2.24. The van der Waals surface area contributed by atoms with E-state index in [2.05, 4.69) is 28.1 Å². The predicted molar refractivity (Wildman–Crippen MR) is 81.4 cm³/mol. The molecule has 112 valence electrons. The second-order valence-electron chi connectivity index (χ2n) is 4.99. The molecule has 1 atom stereocenters. The van der Waals surface area contributed by atoms with Gasteiger partial charge in [0.25, 0.3) is 0 Å². The first-order valence-electron chi connectivity index (χ1n) is 6.93. The van der Waals surface area contributed by atoms with Crippen LogP contribution in [-0.2, 0) is 16.1 Å². The lowest BCUT2D eigenvalue weighted by atomic mass is 10.2. The fraction of sp³-hybridized carbons (Fsp3) is 0.333. The standard InChI is InChI=1S/C15H20N4O2/c16-12(10-14(17)20)15(21)18-7-3-8-19-9-6-11-4-1-2-5-13(11)19/h1-2,4-6,9,12H,3,7-8,10,16H2,(H2,17,20)(H,18,21). The van der Waals surface area contributed by atoms with E-state index in [0.29, 0.717) is 6.54 Å². The molecule has 1 aromatic heterocycles. The first-order valence-corrected chi connectivity index (χ1v) is 6.93. The summed E-state index contributed by atoms with van der Waals surface area (Å²) >= 11 is 0. The van der Waals surface area contributed by atoms with E-state index >= 15 is 0 Å². The SMILES string of the molecule is NC(=O)CC(N)C(=O)NCCCn1ccc2ccccc21. The van der Waals surface area contributed by atoms with Crippen LogP contribution in [0.5, 0.6) is 0 Å². The van der Waals surface area contributed by atoms with Gasteiger partial charge in [0.1, 0.15) is 0 Å². The monoisotopic (exact) mass is 288 g/mol. The van der Waals surface area contributed by atoms with Gasteiger partial charge in [-0.1, -0.05) is 18.2 Å². The Morgan fingerprint density at radius 1 is 1.24 bits per heavy atom. The number of aromatic nitrogens is 1. The molecule has 6 heteroatoms. The van der Waals surface area contributed by atoms with Crippen LogP contribution in [0.1, 0.15) is 12.8 Å². The van der Waals surface area contributed by atoms with Gasteiger partial charge in [0.15, 0.2) is 0 Å². The number of rotatable bonds is 7. The van der Waals surface area contributed by atoms with Crippen LogP contribution in [0.25, 0.3) is 10.9 Å². The molecule has 1 heterocycles. The summed E-state index contributed by atoms with van der Waals surface area (Å²) in [5.41, 5.74) is 11.7. The Morgan fingerprint density at radius 2 is 2.00 bits per heavy atom. The molecular formula is C15H20N4O2. The van der Waals surface area contributed by atoms with Crippen molar-refractivity contribution in [2.45, 2.75) is 25.4 Å². The number of nitrogens with one attached hydrogen (secondary N) is 1. The van der Waals surface area contributed by atoms with Crippen LogP contribution in [0.15, 0.2) is 36.5 Å². The van der Waals surface area contributed by atoms with Crippen LogP contribution in [0.3, 0.4) is 0 Å². The van der Waals surface area contributed by atoms with Gasteiger partial charge < -0.3 is 21.4 Å².